The van der Waals surface area contributed by atoms with Gasteiger partial charge in [-0.1, -0.05) is 18.9 Å². The highest BCUT2D eigenvalue weighted by Gasteiger charge is 2.44. The van der Waals surface area contributed by atoms with Gasteiger partial charge in [-0.3, -0.25) is 4.79 Å². The van der Waals surface area contributed by atoms with E-state index in [0.717, 1.165) is 17.7 Å². The molecular weight excluding hydrogens is 207 g/mol. The molecule has 1 rings (SSSR count). The van der Waals surface area contributed by atoms with Crippen LogP contribution in [0.4, 0.5) is 13.2 Å². The summed E-state index contributed by atoms with van der Waals surface area (Å²) >= 11 is 0. The van der Waals surface area contributed by atoms with Gasteiger partial charge in [0.1, 0.15) is 0 Å². The molecule has 0 bridgehead atoms. The zero-order valence-corrected chi connectivity index (χ0v) is 8.39. The van der Waals surface area contributed by atoms with Gasteiger partial charge in [-0.25, -0.2) is 0 Å². The summed E-state index contributed by atoms with van der Waals surface area (Å²) in [6.45, 7) is 3.66. The first-order valence-electron chi connectivity index (χ1n) is 4.97. The van der Waals surface area contributed by atoms with Crippen molar-refractivity contribution in [1.82, 2.24) is 4.90 Å². The van der Waals surface area contributed by atoms with Crippen molar-refractivity contribution in [2.75, 3.05) is 6.54 Å². The van der Waals surface area contributed by atoms with Crippen LogP contribution >= 0.6 is 0 Å². The topological polar surface area (TPSA) is 20.3 Å². The Morgan fingerprint density at radius 1 is 1.33 bits per heavy atom. The lowest BCUT2D eigenvalue weighted by Gasteiger charge is -2.28. The number of hydrogen-bond donors (Lipinski definition) is 0. The van der Waals surface area contributed by atoms with E-state index in [9.17, 15) is 18.0 Å². The third-order valence-corrected chi connectivity index (χ3v) is 2.57. The second-order valence-corrected chi connectivity index (χ2v) is 3.65. The van der Waals surface area contributed by atoms with E-state index in [0.29, 0.717) is 12.8 Å². The first kappa shape index (κ1) is 12.1. The lowest BCUT2D eigenvalue weighted by molar-refractivity contribution is -0.186. The monoisotopic (exact) mass is 221 g/mol. The molecule has 1 heterocycles. The SMILES string of the molecule is C=C[C@H]1CCCCCN1C(=O)C(F)(F)F. The normalized spacial score (nSPS) is 23.4. The molecule has 0 aliphatic carbocycles. The maximum Gasteiger partial charge on any atom is 0.471 e. The Bertz CT molecular complexity index is 250. The number of likely N-dealkylation sites (tertiary alicyclic amines) is 1. The number of alkyl halides is 3. The highest BCUT2D eigenvalue weighted by atomic mass is 19.4. The third kappa shape index (κ3) is 2.97. The number of rotatable bonds is 1. The fourth-order valence-corrected chi connectivity index (χ4v) is 1.79. The Kier molecular flexibility index (Phi) is 3.77. The van der Waals surface area contributed by atoms with Gasteiger partial charge in [0.25, 0.3) is 0 Å². The van der Waals surface area contributed by atoms with Crippen LogP contribution in [0.3, 0.4) is 0 Å². The molecule has 5 heteroatoms. The summed E-state index contributed by atoms with van der Waals surface area (Å²) in [4.78, 5) is 12.0. The van der Waals surface area contributed by atoms with Crippen molar-refractivity contribution in [2.45, 2.75) is 37.9 Å². The van der Waals surface area contributed by atoms with E-state index in [4.69, 9.17) is 0 Å². The summed E-state index contributed by atoms with van der Waals surface area (Å²) in [6.07, 6.45) is -0.428. The van der Waals surface area contributed by atoms with Crippen molar-refractivity contribution in [3.8, 4) is 0 Å². The van der Waals surface area contributed by atoms with Crippen LogP contribution in [0, 0.1) is 0 Å². The number of hydrogen-bond acceptors (Lipinski definition) is 1. The van der Waals surface area contributed by atoms with Gasteiger partial charge < -0.3 is 4.90 Å². The van der Waals surface area contributed by atoms with Crippen molar-refractivity contribution in [3.63, 3.8) is 0 Å². The Morgan fingerprint density at radius 3 is 2.53 bits per heavy atom. The maximum absolute atomic E-state index is 12.3. The summed E-state index contributed by atoms with van der Waals surface area (Å²) in [6, 6.07) is -0.471. The summed E-state index contributed by atoms with van der Waals surface area (Å²) in [7, 11) is 0. The zero-order chi connectivity index (χ0) is 11.5. The molecule has 86 valence electrons. The van der Waals surface area contributed by atoms with Crippen molar-refractivity contribution in [1.29, 1.82) is 0 Å². The first-order valence-corrected chi connectivity index (χ1v) is 4.97. The molecule has 1 aliphatic heterocycles. The van der Waals surface area contributed by atoms with Crippen molar-refractivity contribution in [3.05, 3.63) is 12.7 Å². The minimum Gasteiger partial charge on any atom is -0.328 e. The predicted molar refractivity (Wildman–Crippen MR) is 50.2 cm³/mol. The molecule has 0 aromatic carbocycles. The highest BCUT2D eigenvalue weighted by molar-refractivity contribution is 5.82. The minimum atomic E-state index is -4.77. The Morgan fingerprint density at radius 2 is 2.00 bits per heavy atom. The molecule has 1 atom stereocenters. The second-order valence-electron chi connectivity index (χ2n) is 3.65. The molecular formula is C10H14F3NO. The van der Waals surface area contributed by atoms with E-state index in [1.165, 1.54) is 6.08 Å². The van der Waals surface area contributed by atoms with Crippen LogP contribution < -0.4 is 0 Å². The molecule has 1 saturated heterocycles. The van der Waals surface area contributed by atoms with Gasteiger partial charge in [-0.2, -0.15) is 13.2 Å². The number of nitrogens with zero attached hydrogens (tertiary/aromatic N) is 1. The van der Waals surface area contributed by atoms with E-state index in [-0.39, 0.29) is 6.54 Å². The van der Waals surface area contributed by atoms with Crippen molar-refractivity contribution >= 4 is 5.91 Å². The largest absolute Gasteiger partial charge is 0.471 e. The van der Waals surface area contributed by atoms with E-state index in [1.54, 1.807) is 0 Å². The fourth-order valence-electron chi connectivity index (χ4n) is 1.79. The van der Waals surface area contributed by atoms with E-state index < -0.39 is 18.1 Å². The van der Waals surface area contributed by atoms with E-state index >= 15 is 0 Å². The highest BCUT2D eigenvalue weighted by Crippen LogP contribution is 2.24. The Labute approximate surface area is 86.7 Å². The lowest BCUT2D eigenvalue weighted by atomic mass is 10.1. The van der Waals surface area contributed by atoms with Crippen molar-refractivity contribution < 1.29 is 18.0 Å². The van der Waals surface area contributed by atoms with Crippen LogP contribution in [0.25, 0.3) is 0 Å². The van der Waals surface area contributed by atoms with Crippen LogP contribution in [0.15, 0.2) is 12.7 Å². The van der Waals surface area contributed by atoms with Gasteiger partial charge in [0.05, 0.1) is 6.04 Å². The zero-order valence-electron chi connectivity index (χ0n) is 8.39. The number of halogens is 3. The second kappa shape index (κ2) is 4.68. The molecule has 1 amide bonds. The van der Waals surface area contributed by atoms with Crippen LogP contribution in [-0.4, -0.2) is 29.6 Å². The number of carbonyl (C=O) groups is 1. The Hall–Kier alpha value is -1.00. The molecule has 0 radical (unpaired) electrons. The number of amides is 1. The van der Waals surface area contributed by atoms with Gasteiger partial charge in [-0.05, 0) is 12.8 Å². The maximum atomic E-state index is 12.3. The minimum absolute atomic E-state index is 0.176. The molecule has 1 aliphatic rings. The third-order valence-electron chi connectivity index (χ3n) is 2.57. The van der Waals surface area contributed by atoms with Gasteiger partial charge >= 0.3 is 12.1 Å². The quantitative estimate of drug-likeness (QED) is 0.623. The average molecular weight is 221 g/mol. The average Bonchev–Trinajstić information content (AvgIpc) is 2.39. The predicted octanol–water partition coefficient (Wildman–Crippen LogP) is 2.51. The Balaban J connectivity index is 2.79. The van der Waals surface area contributed by atoms with Crippen molar-refractivity contribution in [2.24, 2.45) is 0 Å². The summed E-state index contributed by atoms with van der Waals surface area (Å²) in [5.41, 5.74) is 0. The van der Waals surface area contributed by atoms with Crippen LogP contribution in [0.5, 0.6) is 0 Å². The smallest absolute Gasteiger partial charge is 0.328 e. The van der Waals surface area contributed by atoms with Crippen LogP contribution in [0.2, 0.25) is 0 Å². The fraction of sp³-hybridized carbons (Fsp3) is 0.700. The van der Waals surface area contributed by atoms with E-state index in [2.05, 4.69) is 6.58 Å². The summed E-state index contributed by atoms with van der Waals surface area (Å²) in [5, 5.41) is 0. The van der Waals surface area contributed by atoms with Gasteiger partial charge in [0.2, 0.25) is 0 Å². The first-order chi connectivity index (χ1) is 6.96. The summed E-state index contributed by atoms with van der Waals surface area (Å²) in [5.74, 6) is -1.74. The molecule has 0 unspecified atom stereocenters. The molecule has 15 heavy (non-hydrogen) atoms. The van der Waals surface area contributed by atoms with Crippen LogP contribution in [-0.2, 0) is 4.79 Å². The standard InChI is InChI=1S/C10H14F3NO/c1-2-8-6-4-3-5-7-14(8)9(15)10(11,12)13/h2,8H,1,3-7H2/t8-/m0/s1. The number of carbonyl (C=O) groups excluding carboxylic acids is 1. The summed E-state index contributed by atoms with van der Waals surface area (Å²) < 4.78 is 36.8. The van der Waals surface area contributed by atoms with Gasteiger partial charge in [-0.15, -0.1) is 6.58 Å². The molecule has 0 aromatic heterocycles. The van der Waals surface area contributed by atoms with Gasteiger partial charge in [0, 0.05) is 6.54 Å². The molecule has 0 aromatic rings. The lowest BCUT2D eigenvalue weighted by Crippen LogP contribution is -2.46. The van der Waals surface area contributed by atoms with E-state index in [1.807, 2.05) is 0 Å². The van der Waals surface area contributed by atoms with Crippen LogP contribution in [0.1, 0.15) is 25.7 Å². The molecule has 1 fully saturated rings. The molecule has 0 spiro atoms. The van der Waals surface area contributed by atoms with Gasteiger partial charge in [0.15, 0.2) is 0 Å². The molecule has 0 N–H and O–H groups in total. The molecule has 2 nitrogen and oxygen atoms in total. The molecule has 0 saturated carbocycles.